The molecule has 0 radical (unpaired) electrons. The molecule has 0 spiro atoms. The van der Waals surface area contributed by atoms with Crippen molar-refractivity contribution in [2.45, 2.75) is 26.3 Å². The molecule has 0 aliphatic carbocycles. The zero-order valence-corrected chi connectivity index (χ0v) is 9.71. The molecule has 1 rings (SSSR count). The average molecular weight is 242 g/mol. The first-order valence-corrected chi connectivity index (χ1v) is 5.40. The number of halogens is 1. The Bertz CT molecular complexity index is 271. The third-order valence-corrected chi connectivity index (χ3v) is 2.50. The Labute approximate surface area is 88.5 Å². The first-order valence-electron chi connectivity index (χ1n) is 4.60. The van der Waals surface area contributed by atoms with Gasteiger partial charge in [0.2, 0.25) is 0 Å². The highest BCUT2D eigenvalue weighted by molar-refractivity contribution is 9.10. The van der Waals surface area contributed by atoms with Crippen molar-refractivity contribution in [2.75, 3.05) is 0 Å². The van der Waals surface area contributed by atoms with E-state index in [1.807, 2.05) is 12.1 Å². The molecule has 0 amide bonds. The van der Waals surface area contributed by atoms with E-state index >= 15 is 0 Å². The van der Waals surface area contributed by atoms with Gasteiger partial charge in [-0.15, -0.1) is 0 Å². The second kappa shape index (κ2) is 4.77. The predicted octanol–water partition coefficient (Wildman–Crippen LogP) is 3.50. The third-order valence-electron chi connectivity index (χ3n) is 2.00. The molecule has 1 aromatic rings. The summed E-state index contributed by atoms with van der Waals surface area (Å²) in [5.74, 6) is 0.647. The Morgan fingerprint density at radius 1 is 1.38 bits per heavy atom. The van der Waals surface area contributed by atoms with Crippen LogP contribution in [0.1, 0.15) is 31.9 Å². The van der Waals surface area contributed by atoms with E-state index in [1.54, 1.807) is 0 Å². The summed E-state index contributed by atoms with van der Waals surface area (Å²) >= 11 is 3.44. The van der Waals surface area contributed by atoms with E-state index < -0.39 is 0 Å². The lowest BCUT2D eigenvalue weighted by Crippen LogP contribution is -2.12. The molecule has 1 unspecified atom stereocenters. The van der Waals surface area contributed by atoms with Crippen LogP contribution in [0.3, 0.4) is 0 Å². The minimum absolute atomic E-state index is 0.164. The van der Waals surface area contributed by atoms with E-state index in [-0.39, 0.29) is 6.04 Å². The summed E-state index contributed by atoms with van der Waals surface area (Å²) in [6.07, 6.45) is 1.04. The van der Waals surface area contributed by atoms with Crippen molar-refractivity contribution in [3.63, 3.8) is 0 Å². The Hall–Kier alpha value is -0.340. The second-order valence-corrected chi connectivity index (χ2v) is 4.71. The molecule has 1 atom stereocenters. The van der Waals surface area contributed by atoms with Crippen molar-refractivity contribution in [2.24, 2.45) is 11.7 Å². The van der Waals surface area contributed by atoms with E-state index in [9.17, 15) is 0 Å². The van der Waals surface area contributed by atoms with Gasteiger partial charge < -0.3 is 5.73 Å². The highest BCUT2D eigenvalue weighted by atomic mass is 79.9. The molecule has 0 aliphatic rings. The van der Waals surface area contributed by atoms with Crippen LogP contribution >= 0.6 is 15.9 Å². The summed E-state index contributed by atoms with van der Waals surface area (Å²) in [5.41, 5.74) is 7.26. The van der Waals surface area contributed by atoms with Crippen LogP contribution in [-0.2, 0) is 0 Å². The predicted molar refractivity (Wildman–Crippen MR) is 60.5 cm³/mol. The first-order chi connectivity index (χ1) is 6.09. The molecular weight excluding hydrogens is 226 g/mol. The molecule has 2 heteroatoms. The van der Waals surface area contributed by atoms with Crippen LogP contribution in [0.5, 0.6) is 0 Å². The second-order valence-electron chi connectivity index (χ2n) is 3.79. The molecular formula is C11H16BrN. The standard InChI is InChI=1S/C11H16BrN/c1-8(2)6-11(13)9-4-3-5-10(12)7-9/h3-5,7-8,11H,6,13H2,1-2H3. The van der Waals surface area contributed by atoms with Crippen molar-refractivity contribution in [1.29, 1.82) is 0 Å². The first kappa shape index (κ1) is 10.7. The normalized spacial score (nSPS) is 13.3. The molecule has 0 saturated carbocycles. The number of benzene rings is 1. The summed E-state index contributed by atoms with van der Waals surface area (Å²) in [6, 6.07) is 8.38. The van der Waals surface area contributed by atoms with Crippen LogP contribution in [0.4, 0.5) is 0 Å². The lowest BCUT2D eigenvalue weighted by molar-refractivity contribution is 0.510. The topological polar surface area (TPSA) is 26.0 Å². The van der Waals surface area contributed by atoms with Crippen molar-refractivity contribution in [3.8, 4) is 0 Å². The lowest BCUT2D eigenvalue weighted by Gasteiger charge is -2.14. The number of hydrogen-bond acceptors (Lipinski definition) is 1. The molecule has 2 N–H and O–H groups in total. The number of rotatable bonds is 3. The Kier molecular flexibility index (Phi) is 3.94. The summed E-state index contributed by atoms with van der Waals surface area (Å²) in [4.78, 5) is 0. The maximum atomic E-state index is 6.04. The fraction of sp³-hybridized carbons (Fsp3) is 0.455. The minimum atomic E-state index is 0.164. The fourth-order valence-corrected chi connectivity index (χ4v) is 1.80. The maximum absolute atomic E-state index is 6.04. The van der Waals surface area contributed by atoms with E-state index in [4.69, 9.17) is 5.73 Å². The molecule has 0 fully saturated rings. The molecule has 0 heterocycles. The Balaban J connectivity index is 2.71. The largest absolute Gasteiger partial charge is 0.324 e. The minimum Gasteiger partial charge on any atom is -0.324 e. The highest BCUT2D eigenvalue weighted by Gasteiger charge is 2.07. The monoisotopic (exact) mass is 241 g/mol. The van der Waals surface area contributed by atoms with Gasteiger partial charge in [-0.05, 0) is 30.0 Å². The molecule has 0 aliphatic heterocycles. The molecule has 0 saturated heterocycles. The fourth-order valence-electron chi connectivity index (χ4n) is 1.38. The summed E-state index contributed by atoms with van der Waals surface area (Å²) in [7, 11) is 0. The molecule has 0 aromatic heterocycles. The van der Waals surface area contributed by atoms with Crippen molar-refractivity contribution in [3.05, 3.63) is 34.3 Å². The van der Waals surface area contributed by atoms with Gasteiger partial charge in [0, 0.05) is 10.5 Å². The smallest absolute Gasteiger partial charge is 0.0297 e. The molecule has 0 bridgehead atoms. The molecule has 1 nitrogen and oxygen atoms in total. The average Bonchev–Trinajstić information content (AvgIpc) is 2.03. The number of nitrogens with two attached hydrogens (primary N) is 1. The van der Waals surface area contributed by atoms with Gasteiger partial charge in [0.25, 0.3) is 0 Å². The van der Waals surface area contributed by atoms with E-state index in [2.05, 4.69) is 41.9 Å². The quantitative estimate of drug-likeness (QED) is 0.862. The van der Waals surface area contributed by atoms with Crippen molar-refractivity contribution < 1.29 is 0 Å². The summed E-state index contributed by atoms with van der Waals surface area (Å²) in [6.45, 7) is 4.38. The van der Waals surface area contributed by atoms with Gasteiger partial charge >= 0.3 is 0 Å². The van der Waals surface area contributed by atoms with Crippen LogP contribution in [0, 0.1) is 5.92 Å². The van der Waals surface area contributed by atoms with Crippen LogP contribution in [0.25, 0.3) is 0 Å². The van der Waals surface area contributed by atoms with Gasteiger partial charge in [0.15, 0.2) is 0 Å². The lowest BCUT2D eigenvalue weighted by atomic mass is 9.98. The van der Waals surface area contributed by atoms with Gasteiger partial charge in [-0.25, -0.2) is 0 Å². The maximum Gasteiger partial charge on any atom is 0.0297 e. The van der Waals surface area contributed by atoms with E-state index in [0.29, 0.717) is 5.92 Å². The van der Waals surface area contributed by atoms with Gasteiger partial charge in [0.05, 0.1) is 0 Å². The van der Waals surface area contributed by atoms with Crippen molar-refractivity contribution in [1.82, 2.24) is 0 Å². The molecule has 72 valence electrons. The summed E-state index contributed by atoms with van der Waals surface area (Å²) in [5, 5.41) is 0. The van der Waals surface area contributed by atoms with Gasteiger partial charge in [-0.3, -0.25) is 0 Å². The van der Waals surface area contributed by atoms with Gasteiger partial charge in [-0.1, -0.05) is 41.9 Å². The van der Waals surface area contributed by atoms with Gasteiger partial charge in [-0.2, -0.15) is 0 Å². The Morgan fingerprint density at radius 3 is 2.62 bits per heavy atom. The highest BCUT2D eigenvalue weighted by Crippen LogP contribution is 2.21. The van der Waals surface area contributed by atoms with Crippen LogP contribution < -0.4 is 5.73 Å². The van der Waals surface area contributed by atoms with Crippen LogP contribution in [-0.4, -0.2) is 0 Å². The number of hydrogen-bond donors (Lipinski definition) is 1. The molecule has 1 aromatic carbocycles. The van der Waals surface area contributed by atoms with Gasteiger partial charge in [0.1, 0.15) is 0 Å². The zero-order valence-electron chi connectivity index (χ0n) is 8.13. The van der Waals surface area contributed by atoms with Crippen LogP contribution in [0.15, 0.2) is 28.7 Å². The van der Waals surface area contributed by atoms with E-state index in [0.717, 1.165) is 10.9 Å². The Morgan fingerprint density at radius 2 is 2.08 bits per heavy atom. The summed E-state index contributed by atoms with van der Waals surface area (Å²) < 4.78 is 1.10. The van der Waals surface area contributed by atoms with Crippen molar-refractivity contribution >= 4 is 15.9 Å². The molecule has 13 heavy (non-hydrogen) atoms. The van der Waals surface area contributed by atoms with E-state index in [1.165, 1.54) is 5.56 Å². The zero-order chi connectivity index (χ0) is 9.84. The third kappa shape index (κ3) is 3.49. The van der Waals surface area contributed by atoms with Crippen LogP contribution in [0.2, 0.25) is 0 Å². The SMILES string of the molecule is CC(C)CC(N)c1cccc(Br)c1.